The molecule has 5 N–H and O–H groups in total. The van der Waals surface area contributed by atoms with Crippen LogP contribution >= 0.6 is 34.7 Å². The van der Waals surface area contributed by atoms with Crippen molar-refractivity contribution in [2.24, 2.45) is 5.41 Å². The van der Waals surface area contributed by atoms with Crippen LogP contribution in [-0.2, 0) is 43.8 Å². The largest absolute Gasteiger partial charge is 0.501 e. The Hall–Kier alpha value is -7.41. The number of carbonyl (C=O) groups is 5. The number of morpholine rings is 1. The highest BCUT2D eigenvalue weighted by Crippen LogP contribution is 2.38. The second kappa shape index (κ2) is 37.3. The molecule has 0 unspecified atom stereocenters. The lowest BCUT2D eigenvalue weighted by atomic mass is 9.85. The number of hydrogen-bond acceptors (Lipinski definition) is 18. The summed E-state index contributed by atoms with van der Waals surface area (Å²) in [5.41, 5.74) is 1.89. The number of hydrogen-bond donors (Lipinski definition) is 5. The van der Waals surface area contributed by atoms with Crippen LogP contribution in [0.3, 0.4) is 0 Å². The first-order valence-electron chi connectivity index (χ1n) is 36.7. The Morgan fingerprint density at radius 1 is 0.766 bits per heavy atom. The van der Waals surface area contributed by atoms with Crippen molar-refractivity contribution in [2.75, 3.05) is 101 Å². The highest BCUT2D eigenvalue weighted by Gasteiger charge is 2.49. The van der Waals surface area contributed by atoms with E-state index in [9.17, 15) is 59.1 Å². The summed E-state index contributed by atoms with van der Waals surface area (Å²) in [5, 5.41) is 20.4. The Morgan fingerprint density at radius 2 is 1.42 bits per heavy atom. The van der Waals surface area contributed by atoms with E-state index in [1.807, 2.05) is 129 Å². The fourth-order valence-corrected chi connectivity index (χ4v) is 17.9. The third kappa shape index (κ3) is 22.4. The molecule has 10 rings (SSSR count). The number of aliphatic hydroxyl groups is 1. The highest BCUT2D eigenvalue weighted by atomic mass is 35.5. The monoisotopic (exact) mass is 1570 g/mol. The number of aliphatic hydroxyl groups excluding tert-OH is 1. The van der Waals surface area contributed by atoms with E-state index in [4.69, 9.17) is 16.3 Å². The molecule has 5 heterocycles. The zero-order valence-corrected chi connectivity index (χ0v) is 65.3. The normalized spacial score (nSPS) is 18.1. The van der Waals surface area contributed by atoms with Gasteiger partial charge in [0, 0.05) is 124 Å². The molecule has 6 aromatic rings. The number of ether oxygens (including phenoxy) is 1. The number of unbranched alkanes of at least 4 members (excludes halogenated alkanes) is 6. The second-order valence-electron chi connectivity index (χ2n) is 29.1. The Bertz CT molecular complexity index is 4290. The van der Waals surface area contributed by atoms with Crippen LogP contribution in [0.2, 0.25) is 5.02 Å². The Kier molecular flexibility index (Phi) is 28.6. The van der Waals surface area contributed by atoms with Gasteiger partial charge in [-0.25, -0.2) is 26.5 Å². The lowest BCUT2D eigenvalue weighted by molar-refractivity contribution is -0.144. The van der Waals surface area contributed by atoms with E-state index >= 15 is 0 Å². The van der Waals surface area contributed by atoms with E-state index in [2.05, 4.69) is 35.6 Å². The van der Waals surface area contributed by atoms with Crippen LogP contribution in [0.15, 0.2) is 147 Å². The number of halogens is 4. The summed E-state index contributed by atoms with van der Waals surface area (Å²) < 4.78 is 105. The molecule has 29 heteroatoms. The smallest absolute Gasteiger partial charge is 0.391 e. The molecule has 4 aliphatic heterocycles. The molecule has 0 bridgehead atoms. The van der Waals surface area contributed by atoms with Crippen LogP contribution in [0.1, 0.15) is 138 Å². The molecule has 107 heavy (non-hydrogen) atoms. The zero-order chi connectivity index (χ0) is 76.6. The van der Waals surface area contributed by atoms with Crippen molar-refractivity contribution in [1.29, 1.82) is 0 Å². The number of nitrogens with one attached hydrogen (secondary N) is 4. The summed E-state index contributed by atoms with van der Waals surface area (Å²) in [5.74, 6) is -1.65. The molecule has 1 aromatic heterocycles. The van der Waals surface area contributed by atoms with Crippen molar-refractivity contribution in [3.05, 3.63) is 160 Å². The number of thiazole rings is 1. The van der Waals surface area contributed by atoms with Gasteiger partial charge in [-0.05, 0) is 140 Å². The number of aromatic nitrogens is 1. The van der Waals surface area contributed by atoms with E-state index in [-0.39, 0.29) is 48.7 Å². The Labute approximate surface area is 639 Å². The van der Waals surface area contributed by atoms with E-state index in [1.54, 1.807) is 23.5 Å². The molecule has 21 nitrogen and oxygen atoms in total. The molecule has 4 aliphatic rings. The number of anilines is 2. The number of thioether (sulfide) groups is 1. The van der Waals surface area contributed by atoms with E-state index in [0.717, 1.165) is 94.1 Å². The van der Waals surface area contributed by atoms with Crippen molar-refractivity contribution in [1.82, 2.24) is 39.9 Å². The first-order chi connectivity index (χ1) is 51.0. The number of aryl methyl sites for hydroxylation is 1. The second-order valence-corrected chi connectivity index (χ2v) is 35.0. The maximum atomic E-state index is 14.4. The third-order valence-electron chi connectivity index (χ3n) is 20.2. The van der Waals surface area contributed by atoms with Crippen LogP contribution in [0.4, 0.5) is 24.5 Å². The SMILES string of the molecule is Cc1ncsc1-c1ccc([C@H](C)NC(=O)[C@@H]2C[C@@H](O)CN2C(=O)[C@@H](NC(=O)CCCCCCCCCC(=O)N2CCC(c3ccc(Cl)cc3)=C(CN3CCN(c4ccc(C(=O)NS(=O)(=O)c5ccc(N[C@H](CCN6CCOCC6)CSc6ccccc6)c(S(=O)(=O)C(F)(F)F)c5)cc4)CC3)C2)C(C)(C)C)cc1. The van der Waals surface area contributed by atoms with Gasteiger partial charge in [0.1, 0.15) is 17.0 Å². The number of sulfonamides is 1. The van der Waals surface area contributed by atoms with Gasteiger partial charge in [0.05, 0.1) is 52.0 Å². The number of sulfone groups is 1. The average Bonchev–Trinajstić information content (AvgIpc) is 1.37. The van der Waals surface area contributed by atoms with Crippen molar-refractivity contribution in [3.8, 4) is 10.4 Å². The maximum absolute atomic E-state index is 14.4. The number of carbonyl (C=O) groups excluding carboxylic acids is 5. The van der Waals surface area contributed by atoms with Gasteiger partial charge in [-0.15, -0.1) is 23.1 Å². The van der Waals surface area contributed by atoms with Crippen LogP contribution in [0, 0.1) is 12.3 Å². The zero-order valence-electron chi connectivity index (χ0n) is 61.3. The third-order valence-corrected chi connectivity index (χ3v) is 25.4. The lowest BCUT2D eigenvalue weighted by Gasteiger charge is -2.39. The number of amides is 5. The minimum absolute atomic E-state index is 0.0155. The van der Waals surface area contributed by atoms with Gasteiger partial charge in [0.25, 0.3) is 25.8 Å². The van der Waals surface area contributed by atoms with Gasteiger partial charge in [0.15, 0.2) is 0 Å². The van der Waals surface area contributed by atoms with Crippen LogP contribution in [-0.4, -0.2) is 197 Å². The summed E-state index contributed by atoms with van der Waals surface area (Å²) in [4.78, 5) is 83.2. The predicted molar refractivity (Wildman–Crippen MR) is 413 cm³/mol. The molecule has 5 amide bonds. The molecule has 3 saturated heterocycles. The van der Waals surface area contributed by atoms with Crippen molar-refractivity contribution < 1.29 is 63.8 Å². The molecular formula is C78H98ClF3N10O11S4. The Balaban J connectivity index is 0.659. The minimum Gasteiger partial charge on any atom is -0.391 e. The summed E-state index contributed by atoms with van der Waals surface area (Å²) in [6.07, 6.45) is 6.84. The lowest BCUT2D eigenvalue weighted by Crippen LogP contribution is -2.57. The van der Waals surface area contributed by atoms with Crippen molar-refractivity contribution >= 4 is 101 Å². The first-order valence-corrected chi connectivity index (χ1v) is 41.9. The summed E-state index contributed by atoms with van der Waals surface area (Å²) in [6.45, 7) is 16.6. The molecule has 578 valence electrons. The quantitative estimate of drug-likeness (QED) is 0.0194. The van der Waals surface area contributed by atoms with E-state index < -0.39 is 82.3 Å². The molecule has 0 aliphatic carbocycles. The van der Waals surface area contributed by atoms with E-state index in [0.29, 0.717) is 121 Å². The minimum atomic E-state index is -6.11. The van der Waals surface area contributed by atoms with Gasteiger partial charge in [-0.2, -0.15) is 13.2 Å². The van der Waals surface area contributed by atoms with Crippen LogP contribution < -0.4 is 25.6 Å². The average molecular weight is 1570 g/mol. The first kappa shape index (κ1) is 82.1. The fourth-order valence-electron chi connectivity index (χ4n) is 14.0. The maximum Gasteiger partial charge on any atom is 0.501 e. The Morgan fingerprint density at radius 3 is 2.07 bits per heavy atom. The topological polar surface area (TPSA) is 260 Å². The van der Waals surface area contributed by atoms with Gasteiger partial charge >= 0.3 is 5.51 Å². The summed E-state index contributed by atoms with van der Waals surface area (Å²) in [7, 11) is -11.0. The number of benzene rings is 5. The van der Waals surface area contributed by atoms with Crippen molar-refractivity contribution in [2.45, 2.75) is 162 Å². The van der Waals surface area contributed by atoms with Gasteiger partial charge in [0.2, 0.25) is 23.6 Å². The van der Waals surface area contributed by atoms with Gasteiger partial charge in [-0.3, -0.25) is 33.8 Å². The number of likely N-dealkylation sites (tertiary alicyclic amines) is 1. The number of rotatable bonds is 32. The molecule has 3 fully saturated rings. The van der Waals surface area contributed by atoms with Gasteiger partial charge in [-0.1, -0.05) is 119 Å². The molecule has 5 aromatic carbocycles. The molecule has 5 atom stereocenters. The number of alkyl halides is 3. The van der Waals surface area contributed by atoms with Gasteiger partial charge < -0.3 is 40.5 Å². The van der Waals surface area contributed by atoms with Crippen LogP contribution in [0.5, 0.6) is 0 Å². The predicted octanol–water partition coefficient (Wildman–Crippen LogP) is 12.2. The molecule has 0 radical (unpaired) electrons. The summed E-state index contributed by atoms with van der Waals surface area (Å²) >= 11 is 9.32. The fraction of sp³-hybridized carbons (Fsp3) is 0.487. The van der Waals surface area contributed by atoms with Crippen molar-refractivity contribution in [3.63, 3.8) is 0 Å². The molecule has 0 saturated carbocycles. The highest BCUT2D eigenvalue weighted by molar-refractivity contribution is 7.99. The van der Waals surface area contributed by atoms with E-state index in [1.165, 1.54) is 34.4 Å². The number of nitrogens with zero attached hydrogens (tertiary/aromatic N) is 6. The molecule has 0 spiro atoms. The molecular weight excluding hydrogens is 1470 g/mol. The standard InChI is InChI=1S/C78H98ClF3N10O11S4/c1-53(55-20-22-57(23-21-55)72-54(2)83-52-105-72)84-75(97)68-46-63(93)50-92(68)76(98)73(77(3,4)5)86-70(94)18-14-9-7-6-8-10-15-19-71(95)91-37-35-66(56-24-28-60(79)29-25-56)59(49-91)48-89-38-40-90(41-39-89)62-30-26-58(27-31-62)74(96)87-107(101,102)65-32-33-67(69(47-65)106(99,100)78(80,81)82)85-61(34-36-88-42-44-103-45-43-88)51-104-64-16-12-11-13-17-64/h11-13,16-17,20-33,47,52-53,61,63,68,73,85,93H,6-10,14-15,18-19,34-46,48-51H2,1-5H3,(H,84,97)(H,86,94)(H,87,96)/t53-,61+,63+,68-,73+/m0/s1. The number of piperazine rings is 1. The van der Waals surface area contributed by atoms with Crippen LogP contribution in [0.25, 0.3) is 16.0 Å². The summed E-state index contributed by atoms with van der Waals surface area (Å²) in [6, 6.07) is 30.9. The number of β-amino-alcohol motifs (C(OH)–C–C–N with tert-alkyl or cyclic N) is 1.